The number of aromatic nitrogens is 3. The predicted octanol–water partition coefficient (Wildman–Crippen LogP) is 4.19. The number of nitrogens with zero attached hydrogens (tertiary/aromatic N) is 4. The third-order valence-corrected chi connectivity index (χ3v) is 5.75. The fourth-order valence-electron chi connectivity index (χ4n) is 3.16. The van der Waals surface area contributed by atoms with Crippen LogP contribution in [-0.2, 0) is 4.79 Å². The third-order valence-electron chi connectivity index (χ3n) is 4.82. The summed E-state index contributed by atoms with van der Waals surface area (Å²) in [5, 5.41) is 13.4. The van der Waals surface area contributed by atoms with Crippen molar-refractivity contribution < 1.29 is 14.3 Å². The van der Waals surface area contributed by atoms with Crippen LogP contribution in [-0.4, -0.2) is 46.9 Å². The first kappa shape index (κ1) is 23.1. The van der Waals surface area contributed by atoms with E-state index in [4.69, 9.17) is 9.47 Å². The van der Waals surface area contributed by atoms with E-state index in [-0.39, 0.29) is 11.7 Å². The van der Waals surface area contributed by atoms with E-state index in [0.29, 0.717) is 11.0 Å². The normalized spacial score (nSPS) is 10.9. The van der Waals surface area contributed by atoms with Crippen molar-refractivity contribution in [1.82, 2.24) is 20.2 Å². The van der Waals surface area contributed by atoms with Gasteiger partial charge in [-0.05, 0) is 54.1 Å². The lowest BCUT2D eigenvalue weighted by Crippen LogP contribution is -2.20. The second-order valence-electron chi connectivity index (χ2n) is 7.06. The summed E-state index contributed by atoms with van der Waals surface area (Å²) >= 11 is 1.28. The van der Waals surface area contributed by atoms with Gasteiger partial charge >= 0.3 is 0 Å². The van der Waals surface area contributed by atoms with Crippen LogP contribution in [0.5, 0.6) is 11.5 Å². The Labute approximate surface area is 201 Å². The Morgan fingerprint density at radius 2 is 1.74 bits per heavy atom. The summed E-state index contributed by atoms with van der Waals surface area (Å²) in [5.41, 5.74) is 5.15. The van der Waals surface area contributed by atoms with Gasteiger partial charge < -0.3 is 9.47 Å². The number of hydrogen-bond donors (Lipinski definition) is 1. The smallest absolute Gasteiger partial charge is 0.250 e. The molecular weight excluding hydrogens is 450 g/mol. The third kappa shape index (κ3) is 5.62. The highest BCUT2D eigenvalue weighted by atomic mass is 32.2. The lowest BCUT2D eigenvalue weighted by molar-refractivity contribution is -0.118. The fraction of sp³-hybridized carbons (Fsp3) is 0.120. The second kappa shape index (κ2) is 11.2. The SMILES string of the molecule is COc1ccc(-c2nnc(SCC(=O)N/N=C/c3cccc(OC)c3)n2-c2ccccc2)cc1. The number of carbonyl (C=O) groups is 1. The maximum absolute atomic E-state index is 12.4. The number of nitrogens with one attached hydrogen (secondary N) is 1. The van der Waals surface area contributed by atoms with Gasteiger partial charge in [-0.3, -0.25) is 9.36 Å². The van der Waals surface area contributed by atoms with Crippen LogP contribution in [0.25, 0.3) is 17.1 Å². The van der Waals surface area contributed by atoms with Crippen LogP contribution in [0.2, 0.25) is 0 Å². The van der Waals surface area contributed by atoms with Crippen LogP contribution >= 0.6 is 11.8 Å². The summed E-state index contributed by atoms with van der Waals surface area (Å²) in [4.78, 5) is 12.4. The van der Waals surface area contributed by atoms with Crippen molar-refractivity contribution >= 4 is 23.9 Å². The second-order valence-corrected chi connectivity index (χ2v) is 8.01. The fourth-order valence-corrected chi connectivity index (χ4v) is 3.91. The Hall–Kier alpha value is -4.11. The number of para-hydroxylation sites is 1. The number of rotatable bonds is 9. The van der Waals surface area contributed by atoms with Crippen molar-refractivity contribution in [3.8, 4) is 28.6 Å². The standard InChI is InChI=1S/C25H23N5O3S/c1-32-21-13-11-19(12-14-21)24-28-29-25(30(24)20-8-4-3-5-9-20)34-17-23(31)27-26-16-18-7-6-10-22(15-18)33-2/h3-16H,17H2,1-2H3,(H,27,31)/b26-16+. The zero-order valence-electron chi connectivity index (χ0n) is 18.7. The molecule has 0 fully saturated rings. The Kier molecular flexibility index (Phi) is 7.56. The molecule has 0 aliphatic rings. The molecule has 9 heteroatoms. The van der Waals surface area contributed by atoms with Gasteiger partial charge in [-0.1, -0.05) is 42.1 Å². The number of amides is 1. The van der Waals surface area contributed by atoms with E-state index in [1.165, 1.54) is 11.8 Å². The highest BCUT2D eigenvalue weighted by molar-refractivity contribution is 7.99. The Bertz CT molecular complexity index is 1270. The number of thioether (sulfide) groups is 1. The molecule has 1 heterocycles. The lowest BCUT2D eigenvalue weighted by atomic mass is 10.2. The topological polar surface area (TPSA) is 90.6 Å². The summed E-state index contributed by atoms with van der Waals surface area (Å²) in [6.45, 7) is 0. The molecule has 3 aromatic carbocycles. The van der Waals surface area contributed by atoms with Crippen LogP contribution in [0, 0.1) is 0 Å². The minimum Gasteiger partial charge on any atom is -0.497 e. The summed E-state index contributed by atoms with van der Waals surface area (Å²) in [7, 11) is 3.23. The summed E-state index contributed by atoms with van der Waals surface area (Å²) in [6, 6.07) is 24.8. The zero-order valence-corrected chi connectivity index (χ0v) is 19.5. The quantitative estimate of drug-likeness (QED) is 0.223. The molecule has 0 aliphatic heterocycles. The Morgan fingerprint density at radius 1 is 0.971 bits per heavy atom. The van der Waals surface area contributed by atoms with E-state index in [1.807, 2.05) is 83.4 Å². The van der Waals surface area contributed by atoms with Crippen LogP contribution in [0.4, 0.5) is 0 Å². The molecule has 0 aliphatic carbocycles. The Morgan fingerprint density at radius 3 is 2.47 bits per heavy atom. The summed E-state index contributed by atoms with van der Waals surface area (Å²) in [6.07, 6.45) is 1.57. The average Bonchev–Trinajstić information content (AvgIpc) is 3.32. The number of carbonyl (C=O) groups excluding carboxylic acids is 1. The number of ether oxygens (including phenoxy) is 2. The first-order valence-electron chi connectivity index (χ1n) is 10.4. The number of benzene rings is 3. The largest absolute Gasteiger partial charge is 0.497 e. The van der Waals surface area contributed by atoms with Crippen LogP contribution in [0.3, 0.4) is 0 Å². The monoisotopic (exact) mass is 473 g/mol. The van der Waals surface area contributed by atoms with E-state index in [9.17, 15) is 4.79 Å². The van der Waals surface area contributed by atoms with E-state index < -0.39 is 0 Å². The zero-order chi connectivity index (χ0) is 23.8. The maximum Gasteiger partial charge on any atom is 0.250 e. The molecule has 0 saturated carbocycles. The van der Waals surface area contributed by atoms with Crippen molar-refractivity contribution in [2.75, 3.05) is 20.0 Å². The highest BCUT2D eigenvalue weighted by Gasteiger charge is 2.17. The molecule has 1 amide bonds. The number of hydrazone groups is 1. The van der Waals surface area contributed by atoms with E-state index in [0.717, 1.165) is 28.3 Å². The van der Waals surface area contributed by atoms with Crippen molar-refractivity contribution in [3.63, 3.8) is 0 Å². The minimum absolute atomic E-state index is 0.128. The summed E-state index contributed by atoms with van der Waals surface area (Å²) < 4.78 is 12.4. The molecule has 34 heavy (non-hydrogen) atoms. The molecule has 0 atom stereocenters. The molecule has 0 saturated heterocycles. The van der Waals surface area contributed by atoms with Crippen molar-refractivity contribution in [3.05, 3.63) is 84.4 Å². The molecule has 4 aromatic rings. The minimum atomic E-state index is -0.252. The summed E-state index contributed by atoms with van der Waals surface area (Å²) in [5.74, 6) is 2.03. The Balaban J connectivity index is 1.48. The van der Waals surface area contributed by atoms with E-state index >= 15 is 0 Å². The van der Waals surface area contributed by atoms with E-state index in [2.05, 4.69) is 20.7 Å². The van der Waals surface area contributed by atoms with Gasteiger partial charge in [-0.2, -0.15) is 5.10 Å². The molecule has 0 bridgehead atoms. The molecule has 1 aromatic heterocycles. The van der Waals surface area contributed by atoms with Crippen LogP contribution < -0.4 is 14.9 Å². The first-order chi connectivity index (χ1) is 16.7. The lowest BCUT2D eigenvalue weighted by Gasteiger charge is -2.10. The van der Waals surface area contributed by atoms with Gasteiger partial charge in [-0.25, -0.2) is 5.43 Å². The van der Waals surface area contributed by atoms with Crippen molar-refractivity contribution in [1.29, 1.82) is 0 Å². The van der Waals surface area contributed by atoms with Gasteiger partial charge in [0.2, 0.25) is 0 Å². The number of methoxy groups -OCH3 is 2. The van der Waals surface area contributed by atoms with Gasteiger partial charge in [0.15, 0.2) is 11.0 Å². The van der Waals surface area contributed by atoms with Gasteiger partial charge in [0.1, 0.15) is 11.5 Å². The predicted molar refractivity (Wildman–Crippen MR) is 133 cm³/mol. The maximum atomic E-state index is 12.4. The van der Waals surface area contributed by atoms with Crippen LogP contribution in [0.15, 0.2) is 89.1 Å². The molecular formula is C25H23N5O3S. The molecule has 1 N–H and O–H groups in total. The van der Waals surface area contributed by atoms with Crippen LogP contribution in [0.1, 0.15) is 5.56 Å². The molecule has 8 nitrogen and oxygen atoms in total. The molecule has 0 unspecified atom stereocenters. The highest BCUT2D eigenvalue weighted by Crippen LogP contribution is 2.28. The van der Waals surface area contributed by atoms with Crippen molar-refractivity contribution in [2.45, 2.75) is 5.16 Å². The van der Waals surface area contributed by atoms with Gasteiger partial charge in [0.05, 0.1) is 26.2 Å². The van der Waals surface area contributed by atoms with Crippen molar-refractivity contribution in [2.24, 2.45) is 5.10 Å². The molecule has 0 spiro atoms. The van der Waals surface area contributed by atoms with E-state index in [1.54, 1.807) is 20.4 Å². The van der Waals surface area contributed by atoms with Gasteiger partial charge in [-0.15, -0.1) is 10.2 Å². The first-order valence-corrected chi connectivity index (χ1v) is 11.4. The van der Waals surface area contributed by atoms with Gasteiger partial charge in [0.25, 0.3) is 5.91 Å². The molecule has 172 valence electrons. The average molecular weight is 474 g/mol. The number of hydrogen-bond acceptors (Lipinski definition) is 7. The van der Waals surface area contributed by atoms with Gasteiger partial charge in [0, 0.05) is 11.3 Å². The molecule has 0 radical (unpaired) electrons. The molecule has 4 rings (SSSR count).